The third-order valence-electron chi connectivity index (χ3n) is 8.58. The molecule has 0 saturated heterocycles. The molecule has 0 spiro atoms. The molecule has 0 heterocycles. The molecule has 0 aromatic carbocycles. The number of carbonyl (C=O) groups excluding carboxylic acids is 5. The predicted octanol–water partition coefficient (Wildman–Crippen LogP) is 1.53. The van der Waals surface area contributed by atoms with Gasteiger partial charge < -0.3 is 34.5 Å². The Bertz CT molecular complexity index is 820. The third-order valence-corrected chi connectivity index (χ3v) is 8.58. The molecule has 12 heteroatoms. The molecule has 0 aromatic rings. The smallest absolute Gasteiger partial charge is 0.870 e. The van der Waals surface area contributed by atoms with Crippen LogP contribution in [0.5, 0.6) is 0 Å². The van der Waals surface area contributed by atoms with E-state index in [0.717, 1.165) is 90.1 Å². The van der Waals surface area contributed by atoms with Crippen LogP contribution in [0.25, 0.3) is 0 Å². The zero-order valence-corrected chi connectivity index (χ0v) is 36.6. The van der Waals surface area contributed by atoms with E-state index in [1.54, 1.807) is 6.29 Å². The van der Waals surface area contributed by atoms with Gasteiger partial charge in [-0.05, 0) is 51.4 Å². The van der Waals surface area contributed by atoms with Crippen LogP contribution >= 0.6 is 0 Å². The largest absolute Gasteiger partial charge is 1.00 e. The number of hydrogen-bond acceptors (Lipinski definition) is 9. The van der Waals surface area contributed by atoms with Gasteiger partial charge in [0, 0.05) is 31.9 Å². The Hall–Kier alpha value is -0.490. The maximum Gasteiger partial charge on any atom is 1.00 e. The van der Waals surface area contributed by atoms with Gasteiger partial charge in [-0.3, -0.25) is 20.7 Å². The molecule has 0 bridgehead atoms. The number of carboxylic acids is 1. The summed E-state index contributed by atoms with van der Waals surface area (Å²) in [4.78, 5) is 61.6. The monoisotopic (exact) mass is 728 g/mol. The summed E-state index contributed by atoms with van der Waals surface area (Å²) < 4.78 is 11.4. The minimum atomic E-state index is -1.33. The van der Waals surface area contributed by atoms with Crippen molar-refractivity contribution in [2.75, 3.05) is 13.1 Å². The molecule has 1 amide bonds. The van der Waals surface area contributed by atoms with Crippen molar-refractivity contribution >= 4 is 30.1 Å². The number of aliphatic carboxylic acids is 1. The van der Waals surface area contributed by atoms with Crippen molar-refractivity contribution in [3.05, 3.63) is 0 Å². The summed E-state index contributed by atoms with van der Waals surface area (Å²) in [6.07, 6.45) is 20.9. The molecule has 2 atom stereocenters. The normalized spacial score (nSPS) is 11.6. The molecule has 0 aliphatic carbocycles. The molecule has 0 aliphatic rings. The summed E-state index contributed by atoms with van der Waals surface area (Å²) in [6, 6.07) is 0. The number of esters is 2. The molecule has 0 saturated carbocycles. The van der Waals surface area contributed by atoms with Crippen molar-refractivity contribution < 1.29 is 103 Å². The second-order valence-electron chi connectivity index (χ2n) is 12.9. The van der Waals surface area contributed by atoms with Crippen LogP contribution in [0.3, 0.4) is 0 Å². The van der Waals surface area contributed by atoms with Gasteiger partial charge in [0.15, 0.2) is 0 Å². The van der Waals surface area contributed by atoms with E-state index >= 15 is 0 Å². The van der Waals surface area contributed by atoms with Crippen LogP contribution in [0, 0.1) is 0 Å². The first kappa shape index (κ1) is 56.3. The molecule has 1 N–H and O–H groups in total. The summed E-state index contributed by atoms with van der Waals surface area (Å²) in [5.74, 6) is -2.26. The molecule has 0 aromatic heterocycles. The van der Waals surface area contributed by atoms with E-state index < -0.39 is 36.5 Å². The Morgan fingerprint density at radius 1 is 0.560 bits per heavy atom. The Labute approximate surface area is 348 Å². The Morgan fingerprint density at radius 3 is 1.40 bits per heavy atom. The molecule has 2 unspecified atom stereocenters. The fraction of sp³-hybridized carbons (Fsp3) is 0.868. The molecule has 0 radical (unpaired) electrons. The maximum absolute atomic E-state index is 13.0. The quantitative estimate of drug-likeness (QED) is 0.0415. The van der Waals surface area contributed by atoms with Crippen LogP contribution < -0.4 is 64.2 Å². The number of ether oxygens (including phenoxy) is 2. The van der Waals surface area contributed by atoms with Gasteiger partial charge >= 0.3 is 71.1 Å². The first-order valence-corrected chi connectivity index (χ1v) is 19.0. The minimum absolute atomic E-state index is 0. The van der Waals surface area contributed by atoms with Crippen molar-refractivity contribution in [1.82, 2.24) is 4.90 Å². The van der Waals surface area contributed by atoms with E-state index in [-0.39, 0.29) is 89.8 Å². The van der Waals surface area contributed by atoms with Crippen molar-refractivity contribution in [1.29, 1.82) is 0 Å². The summed E-state index contributed by atoms with van der Waals surface area (Å²) in [5.41, 5.74) is 0. The van der Waals surface area contributed by atoms with E-state index in [2.05, 4.69) is 25.7 Å². The van der Waals surface area contributed by atoms with Crippen LogP contribution in [0.4, 0.5) is 0 Å². The number of carbonyl (C=O) groups is 4. The maximum atomic E-state index is 13.0. The zero-order valence-electron chi connectivity index (χ0n) is 32.6. The average Bonchev–Trinajstić information content (AvgIpc) is 3.05. The number of amides is 1. The first-order chi connectivity index (χ1) is 22.8. The molecular weight excluding hydrogens is 660 g/mol. The zero-order chi connectivity index (χ0) is 35.0. The van der Waals surface area contributed by atoms with Gasteiger partial charge in [-0.2, -0.15) is 0 Å². The number of unbranched alkanes of at least 4 members (excludes halogenated alkanes) is 15. The van der Waals surface area contributed by atoms with Gasteiger partial charge in [-0.15, -0.1) is 6.42 Å². The molecule has 10 nitrogen and oxygen atoms in total. The molecule has 0 aliphatic heterocycles. The molecule has 0 fully saturated rings. The van der Waals surface area contributed by atoms with E-state index in [1.165, 1.54) is 44.9 Å². The second kappa shape index (κ2) is 41.3. The van der Waals surface area contributed by atoms with Gasteiger partial charge in [0.2, 0.25) is 5.91 Å². The Morgan fingerprint density at radius 2 is 0.960 bits per heavy atom. The molecular formula is C38H68NNa2O9-. The first-order valence-electron chi connectivity index (χ1n) is 19.0. The van der Waals surface area contributed by atoms with Gasteiger partial charge in [0.05, 0.1) is 6.42 Å². The van der Waals surface area contributed by atoms with Crippen molar-refractivity contribution in [3.63, 3.8) is 0 Å². The predicted molar refractivity (Wildman–Crippen MR) is 186 cm³/mol. The van der Waals surface area contributed by atoms with E-state index in [4.69, 9.17) is 9.47 Å². The summed E-state index contributed by atoms with van der Waals surface area (Å²) in [5, 5.41) is 10.9. The number of carboxylic acid groups (broad SMARTS) is 1. The molecule has 0 rings (SSSR count). The van der Waals surface area contributed by atoms with Crippen molar-refractivity contribution in [2.45, 2.75) is 200 Å². The topological polar surface area (TPSA) is 160 Å². The summed E-state index contributed by atoms with van der Waals surface area (Å²) in [7, 11) is 0. The Kier molecular flexibility index (Phi) is 46.4. The van der Waals surface area contributed by atoms with E-state index in [1.807, 2.05) is 0 Å². The standard InChI is InChI=1S/C38H68NO8.2Na.H2O/c1-4-7-10-13-15-18-24-33(46-37(44)27-23-32-40)34(47-38(45)29-28-36(42)43)25-19-16-14-17-20-26-35(41)39(30-21-11-8-5-2)31-22-12-9-6-3;;;/h33-34H,4-31H2,1-3H3,(H,42,43);;;1H2/q-1;2*+1;/p-2. The van der Waals surface area contributed by atoms with Crippen LogP contribution in [0.2, 0.25) is 0 Å². The number of rotatable bonds is 34. The van der Waals surface area contributed by atoms with Crippen LogP contribution in [0.15, 0.2) is 0 Å². The summed E-state index contributed by atoms with van der Waals surface area (Å²) >= 11 is 0. The minimum Gasteiger partial charge on any atom is -0.870 e. The number of nitrogens with zero attached hydrogens (tertiary/aromatic N) is 1. The van der Waals surface area contributed by atoms with E-state index in [0.29, 0.717) is 19.3 Å². The van der Waals surface area contributed by atoms with Gasteiger partial charge in [-0.25, -0.2) is 0 Å². The van der Waals surface area contributed by atoms with Crippen LogP contribution in [0.1, 0.15) is 188 Å². The molecule has 282 valence electrons. The second-order valence-corrected chi connectivity index (χ2v) is 12.9. The third kappa shape index (κ3) is 34.6. The SMILES string of the molecule is CCCCCCCCC(OC(=O)CC[C-]=O)C(CCCCCCCC(=O)N(CCCCCC)CCCCCC)OC(=O)CCC(=O)[O-].[Na+].[Na+].[OH-]. The fourth-order valence-electron chi connectivity index (χ4n) is 5.71. The fourth-order valence-corrected chi connectivity index (χ4v) is 5.71. The van der Waals surface area contributed by atoms with Gasteiger partial charge in [0.1, 0.15) is 12.2 Å². The van der Waals surface area contributed by atoms with Gasteiger partial charge in [0.25, 0.3) is 0 Å². The van der Waals surface area contributed by atoms with Crippen LogP contribution in [-0.2, 0) is 33.4 Å². The summed E-state index contributed by atoms with van der Waals surface area (Å²) in [6.45, 7) is 8.26. The number of hydrogen-bond donors (Lipinski definition) is 0. The molecule has 50 heavy (non-hydrogen) atoms. The van der Waals surface area contributed by atoms with Crippen LogP contribution in [-0.4, -0.2) is 65.8 Å². The van der Waals surface area contributed by atoms with Crippen molar-refractivity contribution in [2.24, 2.45) is 0 Å². The van der Waals surface area contributed by atoms with E-state index in [9.17, 15) is 29.1 Å². The van der Waals surface area contributed by atoms with Gasteiger partial charge in [-0.1, -0.05) is 111 Å². The average molecular weight is 729 g/mol. The Balaban J connectivity index is -0.00000353. The van der Waals surface area contributed by atoms with Crippen molar-refractivity contribution in [3.8, 4) is 0 Å².